The first-order chi connectivity index (χ1) is 16.7. The van der Waals surface area contributed by atoms with E-state index in [0.29, 0.717) is 27.6 Å². The Balaban J connectivity index is 1.66. The quantitative estimate of drug-likeness (QED) is 0.287. The van der Waals surface area contributed by atoms with Crippen LogP contribution < -0.4 is 9.64 Å². The van der Waals surface area contributed by atoms with E-state index >= 15 is 0 Å². The summed E-state index contributed by atoms with van der Waals surface area (Å²) >= 11 is 6.35. The van der Waals surface area contributed by atoms with Crippen LogP contribution in [0.15, 0.2) is 72.8 Å². The number of carbonyl (C=O) groups is 4. The maximum absolute atomic E-state index is 13.6. The number of carbonyl (C=O) groups excluding carboxylic acids is 4. The van der Waals surface area contributed by atoms with Gasteiger partial charge in [0.1, 0.15) is 11.8 Å². The molecule has 0 saturated carbocycles. The third-order valence-electron chi connectivity index (χ3n) is 5.71. The minimum Gasteiger partial charge on any atom is -0.427 e. The molecule has 3 aromatic rings. The van der Waals surface area contributed by atoms with E-state index < -0.39 is 23.8 Å². The zero-order chi connectivity index (χ0) is 25.1. The normalized spacial score (nSPS) is 15.3. The molecule has 1 aliphatic heterocycles. The van der Waals surface area contributed by atoms with Crippen molar-refractivity contribution in [2.45, 2.75) is 32.9 Å². The highest BCUT2D eigenvalue weighted by Crippen LogP contribution is 2.30. The number of ether oxygens (including phenoxy) is 1. The summed E-state index contributed by atoms with van der Waals surface area (Å²) in [6.45, 7) is 3.26. The lowest BCUT2D eigenvalue weighted by Crippen LogP contribution is -2.45. The minimum absolute atomic E-state index is 0.0648. The smallest absolute Gasteiger partial charge is 0.308 e. The molecule has 0 N–H and O–H groups in total. The average Bonchev–Trinajstić information content (AvgIpc) is 3.12. The monoisotopic (exact) mass is 490 g/mol. The van der Waals surface area contributed by atoms with Gasteiger partial charge >= 0.3 is 5.97 Å². The lowest BCUT2D eigenvalue weighted by atomic mass is 10.1. The van der Waals surface area contributed by atoms with E-state index in [2.05, 4.69) is 0 Å². The fourth-order valence-corrected chi connectivity index (χ4v) is 4.15. The molecule has 0 bridgehead atoms. The SMILES string of the molecule is CC(=O)Oc1ccc(N2C(=O)CC(N(Cc3ccccc3Cl)C(=O)c3ccc(C)cc3)C2=O)cc1. The highest BCUT2D eigenvalue weighted by molar-refractivity contribution is 6.31. The third-order valence-corrected chi connectivity index (χ3v) is 6.08. The Labute approximate surface area is 207 Å². The number of halogens is 1. The molecule has 1 fully saturated rings. The van der Waals surface area contributed by atoms with Gasteiger partial charge in [-0.3, -0.25) is 19.2 Å². The second-order valence-corrected chi connectivity index (χ2v) is 8.67. The average molecular weight is 491 g/mol. The maximum atomic E-state index is 13.6. The van der Waals surface area contributed by atoms with E-state index in [9.17, 15) is 19.2 Å². The van der Waals surface area contributed by atoms with Crippen LogP contribution in [-0.2, 0) is 20.9 Å². The minimum atomic E-state index is -0.999. The van der Waals surface area contributed by atoms with Crippen LogP contribution in [0.3, 0.4) is 0 Å². The number of esters is 1. The number of imide groups is 1. The second kappa shape index (κ2) is 10.1. The van der Waals surface area contributed by atoms with Crippen LogP contribution >= 0.6 is 11.6 Å². The van der Waals surface area contributed by atoms with Gasteiger partial charge in [-0.1, -0.05) is 47.5 Å². The Kier molecular flexibility index (Phi) is 6.98. The summed E-state index contributed by atoms with van der Waals surface area (Å²) in [6, 6.07) is 19.2. The molecule has 1 unspecified atom stereocenters. The molecule has 0 spiro atoms. The van der Waals surface area contributed by atoms with Crippen molar-refractivity contribution < 1.29 is 23.9 Å². The predicted octanol–water partition coefficient (Wildman–Crippen LogP) is 4.55. The third kappa shape index (κ3) is 5.25. The zero-order valence-corrected chi connectivity index (χ0v) is 20.0. The van der Waals surface area contributed by atoms with Gasteiger partial charge in [0.15, 0.2) is 0 Å². The molecule has 7 nitrogen and oxygen atoms in total. The molecule has 3 amide bonds. The number of hydrogen-bond acceptors (Lipinski definition) is 5. The van der Waals surface area contributed by atoms with Gasteiger partial charge in [-0.15, -0.1) is 0 Å². The van der Waals surface area contributed by atoms with E-state index in [1.165, 1.54) is 36.1 Å². The Bertz CT molecular complexity index is 1290. The van der Waals surface area contributed by atoms with Crippen molar-refractivity contribution in [2.24, 2.45) is 0 Å². The van der Waals surface area contributed by atoms with E-state index in [4.69, 9.17) is 16.3 Å². The zero-order valence-electron chi connectivity index (χ0n) is 19.2. The number of rotatable bonds is 6. The van der Waals surface area contributed by atoms with E-state index in [1.54, 1.807) is 36.4 Å². The predicted molar refractivity (Wildman–Crippen MR) is 131 cm³/mol. The van der Waals surface area contributed by atoms with Crippen molar-refractivity contribution in [1.82, 2.24) is 4.90 Å². The van der Waals surface area contributed by atoms with Crippen LogP contribution in [0, 0.1) is 6.92 Å². The van der Waals surface area contributed by atoms with Gasteiger partial charge in [-0.05, 0) is 55.0 Å². The van der Waals surface area contributed by atoms with Gasteiger partial charge in [0.25, 0.3) is 11.8 Å². The van der Waals surface area contributed by atoms with E-state index in [1.807, 2.05) is 19.1 Å². The van der Waals surface area contributed by atoms with Crippen molar-refractivity contribution in [1.29, 1.82) is 0 Å². The number of nitrogens with zero attached hydrogens (tertiary/aromatic N) is 2. The first-order valence-electron chi connectivity index (χ1n) is 11.0. The summed E-state index contributed by atoms with van der Waals surface area (Å²) in [6.07, 6.45) is -0.160. The topological polar surface area (TPSA) is 84.0 Å². The highest BCUT2D eigenvalue weighted by atomic mass is 35.5. The summed E-state index contributed by atoms with van der Waals surface area (Å²) in [7, 11) is 0. The lowest BCUT2D eigenvalue weighted by Gasteiger charge is -2.28. The first kappa shape index (κ1) is 24.2. The molecular formula is C27H23ClN2O5. The van der Waals surface area contributed by atoms with Crippen LogP contribution in [0.25, 0.3) is 0 Å². The van der Waals surface area contributed by atoms with Gasteiger partial charge in [-0.25, -0.2) is 4.90 Å². The summed E-state index contributed by atoms with van der Waals surface area (Å²) in [4.78, 5) is 53.6. The Morgan fingerprint density at radius 2 is 1.66 bits per heavy atom. The molecule has 1 atom stereocenters. The lowest BCUT2D eigenvalue weighted by molar-refractivity contribution is -0.132. The standard InChI is InChI=1S/C27H23ClN2O5/c1-17-7-9-19(10-8-17)26(33)29(16-20-5-3-4-6-23(20)28)24-15-25(32)30(27(24)34)21-11-13-22(14-12-21)35-18(2)31/h3-14,24H,15-16H2,1-2H3. The molecule has 0 aliphatic carbocycles. The van der Waals surface area contributed by atoms with Crippen LogP contribution in [0.1, 0.15) is 34.8 Å². The van der Waals surface area contributed by atoms with Crippen molar-refractivity contribution in [2.75, 3.05) is 4.90 Å². The summed E-state index contributed by atoms with van der Waals surface area (Å²) in [5.74, 6) is -1.49. The molecule has 35 heavy (non-hydrogen) atoms. The van der Waals surface area contributed by atoms with Crippen molar-refractivity contribution >= 4 is 41.0 Å². The van der Waals surface area contributed by atoms with Crippen LogP contribution in [-0.4, -0.2) is 34.6 Å². The molecule has 0 radical (unpaired) electrons. The number of benzene rings is 3. The Morgan fingerprint density at radius 1 is 1.00 bits per heavy atom. The largest absolute Gasteiger partial charge is 0.427 e. The van der Waals surface area contributed by atoms with Crippen LogP contribution in [0.5, 0.6) is 5.75 Å². The molecule has 1 aliphatic rings. The fraction of sp³-hybridized carbons (Fsp3) is 0.185. The van der Waals surface area contributed by atoms with Gasteiger partial charge < -0.3 is 9.64 Å². The molecule has 3 aromatic carbocycles. The van der Waals surface area contributed by atoms with Gasteiger partial charge in [-0.2, -0.15) is 0 Å². The molecule has 8 heteroatoms. The number of anilines is 1. The summed E-state index contributed by atoms with van der Waals surface area (Å²) < 4.78 is 5.02. The Morgan fingerprint density at radius 3 is 2.29 bits per heavy atom. The molecule has 4 rings (SSSR count). The van der Waals surface area contributed by atoms with E-state index in [-0.39, 0.29) is 18.9 Å². The van der Waals surface area contributed by atoms with E-state index in [0.717, 1.165) is 10.5 Å². The van der Waals surface area contributed by atoms with Crippen molar-refractivity contribution in [3.8, 4) is 5.75 Å². The Hall–Kier alpha value is -3.97. The van der Waals surface area contributed by atoms with Gasteiger partial charge in [0.05, 0.1) is 12.1 Å². The molecular weight excluding hydrogens is 468 g/mol. The fourth-order valence-electron chi connectivity index (χ4n) is 3.96. The first-order valence-corrected chi connectivity index (χ1v) is 11.4. The van der Waals surface area contributed by atoms with Gasteiger partial charge in [0.2, 0.25) is 5.91 Å². The molecule has 1 saturated heterocycles. The molecule has 178 valence electrons. The number of hydrogen-bond donors (Lipinski definition) is 0. The highest BCUT2D eigenvalue weighted by Gasteiger charge is 2.44. The van der Waals surface area contributed by atoms with Crippen molar-refractivity contribution in [3.63, 3.8) is 0 Å². The van der Waals surface area contributed by atoms with Crippen LogP contribution in [0.2, 0.25) is 5.02 Å². The molecule has 0 aromatic heterocycles. The summed E-state index contributed by atoms with van der Waals surface area (Å²) in [5.41, 5.74) is 2.40. The van der Waals surface area contributed by atoms with Crippen molar-refractivity contribution in [3.05, 3.63) is 94.5 Å². The van der Waals surface area contributed by atoms with Crippen LogP contribution in [0.4, 0.5) is 5.69 Å². The number of aryl methyl sites for hydroxylation is 1. The summed E-state index contributed by atoms with van der Waals surface area (Å²) in [5, 5.41) is 0.462. The maximum Gasteiger partial charge on any atom is 0.308 e. The number of amides is 3. The molecule has 1 heterocycles. The second-order valence-electron chi connectivity index (χ2n) is 8.27. The van der Waals surface area contributed by atoms with Gasteiger partial charge in [0, 0.05) is 24.1 Å².